The second-order valence-electron chi connectivity index (χ2n) is 4.74. The zero-order valence-electron chi connectivity index (χ0n) is 10.8. The summed E-state index contributed by atoms with van der Waals surface area (Å²) in [6.07, 6.45) is 3.56. The molecule has 1 aliphatic heterocycles. The summed E-state index contributed by atoms with van der Waals surface area (Å²) in [5, 5.41) is 2.86. The Morgan fingerprint density at radius 1 is 1.50 bits per heavy atom. The van der Waals surface area contributed by atoms with Gasteiger partial charge in [-0.15, -0.1) is 0 Å². The van der Waals surface area contributed by atoms with Crippen molar-refractivity contribution in [3.8, 4) is 0 Å². The van der Waals surface area contributed by atoms with Crippen LogP contribution in [0.4, 0.5) is 5.82 Å². The summed E-state index contributed by atoms with van der Waals surface area (Å²) in [6.45, 7) is 3.32. The Kier molecular flexibility index (Phi) is 3.87. The molecule has 1 aliphatic rings. The Hall–Kier alpha value is -1.14. The van der Waals surface area contributed by atoms with Crippen molar-refractivity contribution in [2.45, 2.75) is 24.7 Å². The van der Waals surface area contributed by atoms with Crippen molar-refractivity contribution in [3.05, 3.63) is 18.3 Å². The summed E-state index contributed by atoms with van der Waals surface area (Å²) >= 11 is 0. The fraction of sp³-hybridized carbons (Fsp3) is 0.583. The minimum Gasteiger partial charge on any atom is -0.373 e. The number of hydrogen-bond donors (Lipinski definition) is 1. The van der Waals surface area contributed by atoms with Gasteiger partial charge in [-0.25, -0.2) is 13.4 Å². The Morgan fingerprint density at radius 3 is 2.94 bits per heavy atom. The fourth-order valence-electron chi connectivity index (χ4n) is 2.22. The molecule has 1 aromatic heterocycles. The Balaban J connectivity index is 2.29. The van der Waals surface area contributed by atoms with Crippen molar-refractivity contribution in [1.82, 2.24) is 9.29 Å². The minimum atomic E-state index is -3.37. The third-order valence-corrected chi connectivity index (χ3v) is 5.11. The minimum absolute atomic E-state index is 0.316. The largest absolute Gasteiger partial charge is 0.373 e. The van der Waals surface area contributed by atoms with Crippen LogP contribution in [0.1, 0.15) is 19.8 Å². The molecular formula is C12H19N3O2S. The van der Waals surface area contributed by atoms with Gasteiger partial charge in [-0.2, -0.15) is 4.31 Å². The third-order valence-electron chi connectivity index (χ3n) is 3.25. The van der Waals surface area contributed by atoms with E-state index in [4.69, 9.17) is 0 Å². The molecule has 0 spiro atoms. The smallest absolute Gasteiger partial charge is 0.243 e. The molecule has 2 rings (SSSR count). The summed E-state index contributed by atoms with van der Waals surface area (Å²) < 4.78 is 26.5. The molecule has 1 unspecified atom stereocenters. The number of pyridine rings is 1. The summed E-state index contributed by atoms with van der Waals surface area (Å²) in [6, 6.07) is 3.13. The monoisotopic (exact) mass is 269 g/mol. The van der Waals surface area contributed by atoms with Crippen LogP contribution in [0.3, 0.4) is 0 Å². The summed E-state index contributed by atoms with van der Waals surface area (Å²) in [7, 11) is -1.65. The van der Waals surface area contributed by atoms with E-state index in [1.807, 2.05) is 0 Å². The number of nitrogens with one attached hydrogen (secondary N) is 1. The molecule has 18 heavy (non-hydrogen) atoms. The lowest BCUT2D eigenvalue weighted by molar-refractivity contribution is 0.281. The Labute approximate surface area is 108 Å². The van der Waals surface area contributed by atoms with Crippen LogP contribution in [0.25, 0.3) is 0 Å². The van der Waals surface area contributed by atoms with E-state index in [-0.39, 0.29) is 0 Å². The molecule has 0 amide bonds. The number of rotatable bonds is 3. The van der Waals surface area contributed by atoms with Gasteiger partial charge in [0.15, 0.2) is 0 Å². The summed E-state index contributed by atoms with van der Waals surface area (Å²) in [4.78, 5) is 4.35. The predicted molar refractivity (Wildman–Crippen MR) is 70.9 cm³/mol. The zero-order chi connectivity index (χ0) is 13.2. The van der Waals surface area contributed by atoms with Crippen LogP contribution < -0.4 is 5.32 Å². The van der Waals surface area contributed by atoms with Gasteiger partial charge in [-0.3, -0.25) is 0 Å². The molecule has 2 heterocycles. The van der Waals surface area contributed by atoms with Gasteiger partial charge in [0.1, 0.15) is 5.82 Å². The van der Waals surface area contributed by atoms with E-state index in [0.29, 0.717) is 29.7 Å². The third kappa shape index (κ3) is 2.64. The van der Waals surface area contributed by atoms with E-state index in [9.17, 15) is 8.42 Å². The molecule has 0 saturated carbocycles. The zero-order valence-corrected chi connectivity index (χ0v) is 11.6. The van der Waals surface area contributed by atoms with Gasteiger partial charge in [0.25, 0.3) is 0 Å². The highest BCUT2D eigenvalue weighted by molar-refractivity contribution is 7.89. The second-order valence-corrected chi connectivity index (χ2v) is 6.68. The van der Waals surface area contributed by atoms with Gasteiger partial charge in [0.2, 0.25) is 10.0 Å². The van der Waals surface area contributed by atoms with Gasteiger partial charge in [-0.05, 0) is 24.8 Å². The van der Waals surface area contributed by atoms with Crippen LogP contribution in [0.2, 0.25) is 0 Å². The van der Waals surface area contributed by atoms with Crippen molar-refractivity contribution in [3.63, 3.8) is 0 Å². The molecule has 1 fully saturated rings. The molecule has 1 atom stereocenters. The molecule has 0 radical (unpaired) electrons. The average Bonchev–Trinajstić information content (AvgIpc) is 2.39. The lowest BCUT2D eigenvalue weighted by Gasteiger charge is -2.30. The van der Waals surface area contributed by atoms with E-state index >= 15 is 0 Å². The fourth-order valence-corrected chi connectivity index (χ4v) is 3.83. The number of hydrogen-bond acceptors (Lipinski definition) is 4. The van der Waals surface area contributed by atoms with Gasteiger partial charge >= 0.3 is 0 Å². The molecule has 0 bridgehead atoms. The average molecular weight is 269 g/mol. The first-order chi connectivity index (χ1) is 8.54. The van der Waals surface area contributed by atoms with E-state index < -0.39 is 10.0 Å². The van der Waals surface area contributed by atoms with Crippen LogP contribution in [0, 0.1) is 5.92 Å². The number of anilines is 1. The molecule has 0 aliphatic carbocycles. The second kappa shape index (κ2) is 5.24. The highest BCUT2D eigenvalue weighted by atomic mass is 32.2. The topological polar surface area (TPSA) is 62.3 Å². The van der Waals surface area contributed by atoms with Gasteiger partial charge in [0, 0.05) is 32.4 Å². The number of piperidine rings is 1. The van der Waals surface area contributed by atoms with Crippen molar-refractivity contribution in [1.29, 1.82) is 0 Å². The van der Waals surface area contributed by atoms with Crippen molar-refractivity contribution < 1.29 is 8.42 Å². The molecule has 1 saturated heterocycles. The first kappa shape index (κ1) is 13.3. The summed E-state index contributed by atoms with van der Waals surface area (Å²) in [5.74, 6) is 1.00. The first-order valence-electron chi connectivity index (χ1n) is 6.18. The molecule has 6 heteroatoms. The maximum absolute atomic E-state index is 12.5. The molecule has 1 N–H and O–H groups in total. The highest BCUT2D eigenvalue weighted by Gasteiger charge is 2.28. The quantitative estimate of drug-likeness (QED) is 0.904. The molecular weight excluding hydrogens is 250 g/mol. The Bertz CT molecular complexity index is 516. The van der Waals surface area contributed by atoms with Gasteiger partial charge in [0.05, 0.1) is 4.90 Å². The van der Waals surface area contributed by atoms with Crippen LogP contribution in [0.5, 0.6) is 0 Å². The number of nitrogens with zero attached hydrogens (tertiary/aromatic N) is 2. The first-order valence-corrected chi connectivity index (χ1v) is 7.62. The van der Waals surface area contributed by atoms with Crippen LogP contribution in [-0.2, 0) is 10.0 Å². The molecule has 0 aromatic carbocycles. The maximum atomic E-state index is 12.5. The van der Waals surface area contributed by atoms with Gasteiger partial charge < -0.3 is 5.32 Å². The van der Waals surface area contributed by atoms with Crippen LogP contribution in [-0.4, -0.2) is 37.8 Å². The van der Waals surface area contributed by atoms with Crippen molar-refractivity contribution in [2.75, 3.05) is 25.5 Å². The van der Waals surface area contributed by atoms with E-state index in [0.717, 1.165) is 12.8 Å². The number of aromatic nitrogens is 1. The summed E-state index contributed by atoms with van der Waals surface area (Å²) in [5.41, 5.74) is 0. The standard InChI is InChI=1S/C12H19N3O2S/c1-10-4-3-7-15(9-10)18(16,17)11-5-6-14-12(8-11)13-2/h5-6,8,10H,3-4,7,9H2,1-2H3,(H,13,14). The van der Waals surface area contributed by atoms with E-state index in [1.54, 1.807) is 23.5 Å². The van der Waals surface area contributed by atoms with Crippen molar-refractivity contribution >= 4 is 15.8 Å². The van der Waals surface area contributed by atoms with Gasteiger partial charge in [-0.1, -0.05) is 6.92 Å². The van der Waals surface area contributed by atoms with E-state index in [2.05, 4.69) is 17.2 Å². The highest BCUT2D eigenvalue weighted by Crippen LogP contribution is 2.24. The van der Waals surface area contributed by atoms with E-state index in [1.165, 1.54) is 6.20 Å². The van der Waals surface area contributed by atoms with Crippen LogP contribution in [0.15, 0.2) is 23.2 Å². The lowest BCUT2D eigenvalue weighted by Crippen LogP contribution is -2.39. The normalized spacial score (nSPS) is 21.8. The number of sulfonamides is 1. The molecule has 100 valence electrons. The maximum Gasteiger partial charge on any atom is 0.243 e. The predicted octanol–water partition coefficient (Wildman–Crippen LogP) is 1.54. The molecule has 1 aromatic rings. The van der Waals surface area contributed by atoms with Crippen molar-refractivity contribution in [2.24, 2.45) is 5.92 Å². The lowest BCUT2D eigenvalue weighted by atomic mass is 10.0. The SMILES string of the molecule is CNc1cc(S(=O)(=O)N2CCCC(C)C2)ccn1. The Morgan fingerprint density at radius 2 is 2.28 bits per heavy atom. The van der Waals surface area contributed by atoms with Crippen LogP contribution >= 0.6 is 0 Å². The molecule has 5 nitrogen and oxygen atoms in total.